The van der Waals surface area contributed by atoms with Gasteiger partial charge in [-0.25, -0.2) is 0 Å². The van der Waals surface area contributed by atoms with E-state index in [0.717, 1.165) is 18.0 Å². The van der Waals surface area contributed by atoms with Crippen LogP contribution < -0.4 is 10.6 Å². The molecular weight excluding hydrogens is 196 g/mol. The molecule has 1 aromatic rings. The fourth-order valence-corrected chi connectivity index (χ4v) is 3.11. The van der Waals surface area contributed by atoms with E-state index in [1.165, 1.54) is 10.4 Å². The molecule has 1 aromatic heterocycles. The van der Waals surface area contributed by atoms with Gasteiger partial charge in [-0.1, -0.05) is 13.8 Å². The Hall–Kier alpha value is -0.870. The van der Waals surface area contributed by atoms with Crippen molar-refractivity contribution in [1.29, 1.82) is 0 Å². The van der Waals surface area contributed by atoms with Crippen molar-refractivity contribution < 1.29 is 4.79 Å². The monoisotopic (exact) mass is 210 g/mol. The van der Waals surface area contributed by atoms with Gasteiger partial charge in [-0.05, 0) is 17.5 Å². The number of thiophene rings is 1. The van der Waals surface area contributed by atoms with Crippen LogP contribution in [0.25, 0.3) is 0 Å². The minimum Gasteiger partial charge on any atom is -0.320 e. The van der Waals surface area contributed by atoms with Gasteiger partial charge in [-0.2, -0.15) is 0 Å². The predicted molar refractivity (Wildman–Crippen MR) is 58.4 cm³/mol. The molecule has 2 heterocycles. The number of anilines is 1. The molecule has 4 heteroatoms. The van der Waals surface area contributed by atoms with Gasteiger partial charge in [0, 0.05) is 17.5 Å². The van der Waals surface area contributed by atoms with Crippen LogP contribution in [0.2, 0.25) is 0 Å². The second-order valence-electron chi connectivity index (χ2n) is 3.86. The highest BCUT2D eigenvalue weighted by atomic mass is 32.1. The molecule has 0 aromatic carbocycles. The Morgan fingerprint density at radius 2 is 2.50 bits per heavy atom. The Balaban J connectivity index is 2.25. The minimum absolute atomic E-state index is 0.456. The van der Waals surface area contributed by atoms with Gasteiger partial charge >= 0.3 is 0 Å². The second-order valence-corrected chi connectivity index (χ2v) is 4.95. The van der Waals surface area contributed by atoms with E-state index in [4.69, 9.17) is 0 Å². The number of carbonyl (C=O) groups is 1. The lowest BCUT2D eigenvalue weighted by Gasteiger charge is -2.14. The van der Waals surface area contributed by atoms with Crippen molar-refractivity contribution in [1.82, 2.24) is 5.32 Å². The molecule has 1 amide bonds. The van der Waals surface area contributed by atoms with Gasteiger partial charge in [-0.3, -0.25) is 4.79 Å². The maximum atomic E-state index is 10.3. The standard InChI is InChI=1S/C10H14N2OS/c1-6(2)9-10-7(4-11-9)3-8(14-10)12-5-13/h3,5-6,9,11H,4H2,1-2H3,(H,12,13). The summed E-state index contributed by atoms with van der Waals surface area (Å²) >= 11 is 1.68. The summed E-state index contributed by atoms with van der Waals surface area (Å²) in [5.41, 5.74) is 1.33. The zero-order valence-corrected chi connectivity index (χ0v) is 9.15. The number of fused-ring (bicyclic) bond motifs is 1. The summed E-state index contributed by atoms with van der Waals surface area (Å²) in [4.78, 5) is 11.7. The van der Waals surface area contributed by atoms with Crippen molar-refractivity contribution in [2.75, 3.05) is 5.32 Å². The molecule has 0 saturated carbocycles. The predicted octanol–water partition coefficient (Wildman–Crippen LogP) is 2.12. The van der Waals surface area contributed by atoms with Crippen LogP contribution in [0.5, 0.6) is 0 Å². The van der Waals surface area contributed by atoms with Crippen LogP contribution >= 0.6 is 11.3 Å². The molecule has 0 spiro atoms. The van der Waals surface area contributed by atoms with Crippen molar-refractivity contribution in [3.8, 4) is 0 Å². The summed E-state index contributed by atoms with van der Waals surface area (Å²) in [6.45, 7) is 5.34. The molecule has 0 aliphatic carbocycles. The summed E-state index contributed by atoms with van der Waals surface area (Å²) in [7, 11) is 0. The Morgan fingerprint density at radius 1 is 1.71 bits per heavy atom. The third-order valence-corrected chi connectivity index (χ3v) is 3.70. The van der Waals surface area contributed by atoms with E-state index in [9.17, 15) is 4.79 Å². The first-order chi connectivity index (χ1) is 6.72. The van der Waals surface area contributed by atoms with Crippen LogP contribution in [0.4, 0.5) is 5.00 Å². The van der Waals surface area contributed by atoms with Crippen LogP contribution in [0, 0.1) is 5.92 Å². The third kappa shape index (κ3) is 1.55. The third-order valence-electron chi connectivity index (χ3n) is 2.50. The maximum Gasteiger partial charge on any atom is 0.212 e. The van der Waals surface area contributed by atoms with Crippen molar-refractivity contribution in [2.45, 2.75) is 26.4 Å². The minimum atomic E-state index is 0.456. The van der Waals surface area contributed by atoms with Crippen LogP contribution in [0.3, 0.4) is 0 Å². The van der Waals surface area contributed by atoms with E-state index in [2.05, 4.69) is 30.5 Å². The van der Waals surface area contributed by atoms with E-state index in [-0.39, 0.29) is 0 Å². The van der Waals surface area contributed by atoms with E-state index in [1.54, 1.807) is 11.3 Å². The van der Waals surface area contributed by atoms with E-state index in [1.807, 2.05) is 0 Å². The highest BCUT2D eigenvalue weighted by molar-refractivity contribution is 7.16. The first kappa shape index (κ1) is 9.68. The lowest BCUT2D eigenvalue weighted by Crippen LogP contribution is -2.17. The van der Waals surface area contributed by atoms with Crippen LogP contribution in [-0.4, -0.2) is 6.41 Å². The maximum absolute atomic E-state index is 10.3. The van der Waals surface area contributed by atoms with Crippen LogP contribution in [0.15, 0.2) is 6.07 Å². The topological polar surface area (TPSA) is 41.1 Å². The van der Waals surface area contributed by atoms with Crippen LogP contribution in [-0.2, 0) is 11.3 Å². The van der Waals surface area contributed by atoms with Gasteiger partial charge in [0.05, 0.1) is 5.00 Å². The van der Waals surface area contributed by atoms with Crippen molar-refractivity contribution in [2.24, 2.45) is 5.92 Å². The first-order valence-corrected chi connectivity index (χ1v) is 5.60. The summed E-state index contributed by atoms with van der Waals surface area (Å²) < 4.78 is 0. The zero-order chi connectivity index (χ0) is 10.1. The summed E-state index contributed by atoms with van der Waals surface area (Å²) in [5, 5.41) is 7.13. The molecule has 0 fully saturated rings. The van der Waals surface area contributed by atoms with E-state index < -0.39 is 0 Å². The Morgan fingerprint density at radius 3 is 3.14 bits per heavy atom. The molecule has 0 radical (unpaired) electrons. The van der Waals surface area contributed by atoms with Crippen molar-refractivity contribution in [3.63, 3.8) is 0 Å². The number of rotatable bonds is 3. The Bertz CT molecular complexity index is 346. The molecule has 2 rings (SSSR count). The molecule has 2 N–H and O–H groups in total. The SMILES string of the molecule is CC(C)C1NCc2cc(NC=O)sc21. The number of nitrogens with one attached hydrogen (secondary N) is 2. The lowest BCUT2D eigenvalue weighted by atomic mass is 10.0. The smallest absolute Gasteiger partial charge is 0.212 e. The normalized spacial score (nSPS) is 19.8. The average molecular weight is 210 g/mol. The number of carbonyl (C=O) groups excluding carboxylic acids is 1. The quantitative estimate of drug-likeness (QED) is 0.750. The Labute approximate surface area is 87.5 Å². The summed E-state index contributed by atoms with van der Waals surface area (Å²) in [5.74, 6) is 0.596. The Kier molecular flexibility index (Phi) is 2.56. The van der Waals surface area contributed by atoms with Gasteiger partial charge < -0.3 is 10.6 Å². The van der Waals surface area contributed by atoms with Gasteiger partial charge in [-0.15, -0.1) is 11.3 Å². The zero-order valence-electron chi connectivity index (χ0n) is 8.33. The van der Waals surface area contributed by atoms with E-state index in [0.29, 0.717) is 12.0 Å². The largest absolute Gasteiger partial charge is 0.320 e. The number of amides is 1. The van der Waals surface area contributed by atoms with Crippen LogP contribution in [0.1, 0.15) is 30.3 Å². The molecule has 1 atom stereocenters. The summed E-state index contributed by atoms with van der Waals surface area (Å²) in [6, 6.07) is 2.52. The molecule has 0 saturated heterocycles. The van der Waals surface area contributed by atoms with E-state index >= 15 is 0 Å². The number of hydrogen-bond donors (Lipinski definition) is 2. The fourth-order valence-electron chi connectivity index (χ4n) is 1.82. The first-order valence-electron chi connectivity index (χ1n) is 4.78. The van der Waals surface area contributed by atoms with Gasteiger partial charge in [0.25, 0.3) is 0 Å². The summed E-state index contributed by atoms with van der Waals surface area (Å²) in [6.07, 6.45) is 0.735. The second kappa shape index (κ2) is 3.71. The molecule has 3 nitrogen and oxygen atoms in total. The molecule has 14 heavy (non-hydrogen) atoms. The highest BCUT2D eigenvalue weighted by Crippen LogP contribution is 2.39. The number of hydrogen-bond acceptors (Lipinski definition) is 3. The lowest BCUT2D eigenvalue weighted by molar-refractivity contribution is -0.105. The average Bonchev–Trinajstić information content (AvgIpc) is 2.62. The van der Waals surface area contributed by atoms with Gasteiger partial charge in [0.1, 0.15) is 0 Å². The molecular formula is C10H14N2OS. The molecule has 1 aliphatic heterocycles. The van der Waals surface area contributed by atoms with Crippen molar-refractivity contribution >= 4 is 22.7 Å². The molecule has 1 unspecified atom stereocenters. The van der Waals surface area contributed by atoms with Crippen molar-refractivity contribution in [3.05, 3.63) is 16.5 Å². The van der Waals surface area contributed by atoms with Gasteiger partial charge in [0.2, 0.25) is 6.41 Å². The molecule has 0 bridgehead atoms. The highest BCUT2D eigenvalue weighted by Gasteiger charge is 2.26. The molecule has 1 aliphatic rings. The molecule has 76 valence electrons. The van der Waals surface area contributed by atoms with Gasteiger partial charge in [0.15, 0.2) is 0 Å². The fraction of sp³-hybridized carbons (Fsp3) is 0.500.